The van der Waals surface area contributed by atoms with Crippen LogP contribution in [-0.2, 0) is 22.4 Å². The van der Waals surface area contributed by atoms with Crippen molar-refractivity contribution < 1.29 is 14.4 Å². The molecule has 3 amide bonds. The molecule has 1 aromatic carbocycles. The highest BCUT2D eigenvalue weighted by molar-refractivity contribution is 6.30. The molecule has 0 spiro atoms. The molecule has 230 valence electrons. The molecule has 1 saturated carbocycles. The van der Waals surface area contributed by atoms with Crippen molar-refractivity contribution in [1.82, 2.24) is 25.5 Å². The van der Waals surface area contributed by atoms with Gasteiger partial charge in [0.05, 0.1) is 6.33 Å². The highest BCUT2D eigenvalue weighted by Crippen LogP contribution is 2.47. The SMILES string of the molecule is CCCC(=O)C1(C2CCCCC2)CCN(C(=O)C(Cc2ccc(Cl)cc2)NC(=O)NCCCCCc2cnc[nH]2)CC1. The summed E-state index contributed by atoms with van der Waals surface area (Å²) in [4.78, 5) is 49.3. The van der Waals surface area contributed by atoms with E-state index in [1.807, 2.05) is 23.2 Å². The monoisotopic (exact) mass is 597 g/mol. The van der Waals surface area contributed by atoms with E-state index >= 15 is 0 Å². The van der Waals surface area contributed by atoms with Crippen molar-refractivity contribution in [2.75, 3.05) is 19.6 Å². The van der Waals surface area contributed by atoms with Crippen molar-refractivity contribution in [3.63, 3.8) is 0 Å². The third-order valence-corrected chi connectivity index (χ3v) is 9.56. The predicted octanol–water partition coefficient (Wildman–Crippen LogP) is 6.24. The zero-order valence-electron chi connectivity index (χ0n) is 25.1. The van der Waals surface area contributed by atoms with Crippen LogP contribution in [0.3, 0.4) is 0 Å². The van der Waals surface area contributed by atoms with E-state index in [4.69, 9.17) is 11.6 Å². The fourth-order valence-corrected chi connectivity index (χ4v) is 7.02. The highest BCUT2D eigenvalue weighted by atomic mass is 35.5. The zero-order chi connectivity index (χ0) is 29.8. The van der Waals surface area contributed by atoms with E-state index in [9.17, 15) is 14.4 Å². The number of aromatic amines is 1. The van der Waals surface area contributed by atoms with E-state index in [0.717, 1.165) is 69.0 Å². The first-order valence-corrected chi connectivity index (χ1v) is 16.4. The van der Waals surface area contributed by atoms with Gasteiger partial charge in [0.25, 0.3) is 0 Å². The van der Waals surface area contributed by atoms with Gasteiger partial charge in [-0.3, -0.25) is 9.59 Å². The van der Waals surface area contributed by atoms with Gasteiger partial charge in [-0.15, -0.1) is 0 Å². The second-order valence-corrected chi connectivity index (χ2v) is 12.6. The van der Waals surface area contributed by atoms with Crippen LogP contribution in [0.1, 0.15) is 95.2 Å². The van der Waals surface area contributed by atoms with Crippen LogP contribution in [-0.4, -0.2) is 58.3 Å². The fraction of sp³-hybridized carbons (Fsp3) is 0.636. The Morgan fingerprint density at radius 1 is 1.07 bits per heavy atom. The number of Topliss-reactive ketones (excluding diaryl/α,β-unsaturated/α-hetero) is 1. The van der Waals surface area contributed by atoms with Gasteiger partial charge in [0, 0.05) is 54.8 Å². The molecule has 0 radical (unpaired) electrons. The molecule has 1 aliphatic carbocycles. The van der Waals surface area contributed by atoms with Gasteiger partial charge in [-0.25, -0.2) is 9.78 Å². The lowest BCUT2D eigenvalue weighted by atomic mass is 9.61. The van der Waals surface area contributed by atoms with Crippen molar-refractivity contribution in [2.45, 2.75) is 103 Å². The zero-order valence-corrected chi connectivity index (χ0v) is 25.9. The Hall–Kier alpha value is -2.87. The summed E-state index contributed by atoms with van der Waals surface area (Å²) in [5, 5.41) is 6.53. The summed E-state index contributed by atoms with van der Waals surface area (Å²) < 4.78 is 0. The molecule has 42 heavy (non-hydrogen) atoms. The van der Waals surface area contributed by atoms with E-state index in [1.54, 1.807) is 18.5 Å². The van der Waals surface area contributed by atoms with Crippen LogP contribution in [0.25, 0.3) is 0 Å². The van der Waals surface area contributed by atoms with Crippen LogP contribution >= 0.6 is 11.6 Å². The van der Waals surface area contributed by atoms with Gasteiger partial charge in [-0.1, -0.05) is 56.3 Å². The molecule has 2 heterocycles. The number of likely N-dealkylation sites (tertiary alicyclic amines) is 1. The van der Waals surface area contributed by atoms with Crippen molar-refractivity contribution in [3.05, 3.63) is 53.1 Å². The largest absolute Gasteiger partial charge is 0.348 e. The number of amides is 3. The lowest BCUT2D eigenvalue weighted by Gasteiger charge is -2.47. The first-order valence-electron chi connectivity index (χ1n) is 16.0. The average molecular weight is 598 g/mol. The van der Waals surface area contributed by atoms with Crippen molar-refractivity contribution in [3.8, 4) is 0 Å². The minimum atomic E-state index is -0.694. The number of benzene rings is 1. The van der Waals surface area contributed by atoms with Crippen molar-refractivity contribution in [1.29, 1.82) is 0 Å². The van der Waals surface area contributed by atoms with Gasteiger partial charge in [-0.05, 0) is 75.0 Å². The number of hydrogen-bond donors (Lipinski definition) is 3. The summed E-state index contributed by atoms with van der Waals surface area (Å²) in [5.74, 6) is 0.736. The molecular formula is C33H48ClN5O3. The van der Waals surface area contributed by atoms with E-state index in [1.165, 1.54) is 19.3 Å². The maximum atomic E-state index is 13.9. The maximum Gasteiger partial charge on any atom is 0.315 e. The number of aromatic nitrogens is 2. The van der Waals surface area contributed by atoms with Crippen LogP contribution in [0.5, 0.6) is 0 Å². The minimum absolute atomic E-state index is 0.0835. The second-order valence-electron chi connectivity index (χ2n) is 12.2. The van der Waals surface area contributed by atoms with Crippen LogP contribution in [0.4, 0.5) is 4.79 Å². The number of ketones is 1. The number of hydrogen-bond acceptors (Lipinski definition) is 4. The lowest BCUT2D eigenvalue weighted by molar-refractivity contribution is -0.144. The molecule has 1 aliphatic heterocycles. The number of urea groups is 1. The molecule has 2 fully saturated rings. The summed E-state index contributed by atoms with van der Waals surface area (Å²) in [7, 11) is 0. The number of aryl methyl sites for hydroxylation is 1. The molecule has 3 N–H and O–H groups in total. The first-order chi connectivity index (χ1) is 20.4. The number of unbranched alkanes of at least 4 members (excludes halogenated alkanes) is 2. The Morgan fingerprint density at radius 3 is 2.48 bits per heavy atom. The number of piperidine rings is 1. The first kappa shape index (κ1) is 32.1. The van der Waals surface area contributed by atoms with Crippen molar-refractivity contribution >= 4 is 29.3 Å². The number of nitrogens with one attached hydrogen (secondary N) is 3. The summed E-state index contributed by atoms with van der Waals surface area (Å²) in [6.45, 7) is 3.73. The smallest absolute Gasteiger partial charge is 0.315 e. The third kappa shape index (κ3) is 8.82. The van der Waals surface area contributed by atoms with Gasteiger partial charge in [0.2, 0.25) is 5.91 Å². The molecule has 1 atom stereocenters. The van der Waals surface area contributed by atoms with Crippen LogP contribution in [0, 0.1) is 11.3 Å². The van der Waals surface area contributed by atoms with Crippen LogP contribution in [0.15, 0.2) is 36.8 Å². The fourth-order valence-electron chi connectivity index (χ4n) is 6.90. The highest BCUT2D eigenvalue weighted by Gasteiger charge is 2.47. The average Bonchev–Trinajstić information content (AvgIpc) is 3.53. The Balaban J connectivity index is 1.34. The molecule has 8 nitrogen and oxygen atoms in total. The molecule has 1 aromatic heterocycles. The molecule has 4 rings (SSSR count). The molecule has 2 aromatic rings. The van der Waals surface area contributed by atoms with Gasteiger partial charge >= 0.3 is 6.03 Å². The topological polar surface area (TPSA) is 107 Å². The predicted molar refractivity (Wildman–Crippen MR) is 166 cm³/mol. The molecule has 0 bridgehead atoms. The van der Waals surface area contributed by atoms with E-state index in [0.29, 0.717) is 49.2 Å². The molecule has 1 saturated heterocycles. The number of nitrogens with zero attached hydrogens (tertiary/aromatic N) is 2. The van der Waals surface area contributed by atoms with Gasteiger partial charge in [0.1, 0.15) is 11.8 Å². The van der Waals surface area contributed by atoms with Gasteiger partial charge < -0.3 is 20.5 Å². The normalized spacial score (nSPS) is 17.9. The third-order valence-electron chi connectivity index (χ3n) is 9.31. The number of H-pyrrole nitrogens is 1. The van der Waals surface area contributed by atoms with Crippen LogP contribution in [0.2, 0.25) is 5.02 Å². The summed E-state index contributed by atoms with van der Waals surface area (Å²) in [6.07, 6.45) is 16.5. The number of carbonyl (C=O) groups is 3. The van der Waals surface area contributed by atoms with E-state index < -0.39 is 6.04 Å². The van der Waals surface area contributed by atoms with Gasteiger partial charge in [0.15, 0.2) is 0 Å². The summed E-state index contributed by atoms with van der Waals surface area (Å²) in [5.41, 5.74) is 1.75. The summed E-state index contributed by atoms with van der Waals surface area (Å²) in [6, 6.07) is 6.38. The number of imidazole rings is 1. The lowest BCUT2D eigenvalue weighted by Crippen LogP contribution is -2.56. The second kappa shape index (κ2) is 16.1. The number of halogens is 1. The molecule has 1 unspecified atom stereocenters. The quantitative estimate of drug-likeness (QED) is 0.224. The number of carbonyl (C=O) groups excluding carboxylic acids is 3. The molecular weight excluding hydrogens is 550 g/mol. The summed E-state index contributed by atoms with van der Waals surface area (Å²) >= 11 is 6.09. The standard InChI is InChI=1S/C33H48ClN5O3/c1-2-9-30(40)33(26-10-5-3-6-11-26)17-20-39(21-18-33)31(41)29(22-25-13-15-27(34)16-14-25)38-32(42)36-19-8-4-7-12-28-23-35-24-37-28/h13-16,23-24,26,29H,2-12,17-22H2,1H3,(H,35,37)(H2,36,38,42). The minimum Gasteiger partial charge on any atom is -0.348 e. The maximum absolute atomic E-state index is 13.9. The van der Waals surface area contributed by atoms with Crippen molar-refractivity contribution in [2.24, 2.45) is 11.3 Å². The molecule has 9 heteroatoms. The number of rotatable bonds is 14. The van der Waals surface area contributed by atoms with E-state index in [-0.39, 0.29) is 17.4 Å². The Labute approximate surface area is 255 Å². The molecule has 2 aliphatic rings. The van der Waals surface area contributed by atoms with Crippen LogP contribution < -0.4 is 10.6 Å². The van der Waals surface area contributed by atoms with E-state index in [2.05, 4.69) is 27.5 Å². The Bertz CT molecular complexity index is 1120. The Kier molecular flexibility index (Phi) is 12.3. The Morgan fingerprint density at radius 2 is 1.81 bits per heavy atom. The van der Waals surface area contributed by atoms with Gasteiger partial charge in [-0.2, -0.15) is 0 Å².